The third kappa shape index (κ3) is 4.79. The molecule has 1 aliphatic rings. The highest BCUT2D eigenvalue weighted by Gasteiger charge is 2.27. The Hall–Kier alpha value is -1.88. The van der Waals surface area contributed by atoms with Gasteiger partial charge in [-0.2, -0.15) is 0 Å². The SMILES string of the molecule is CCCCNC(=O)C1CCN(C(=O)c2ccc(CN)cc2)CC1. The van der Waals surface area contributed by atoms with Crippen LogP contribution in [0.3, 0.4) is 0 Å². The number of carbonyl (C=O) groups excluding carboxylic acids is 2. The number of hydrogen-bond donors (Lipinski definition) is 2. The summed E-state index contributed by atoms with van der Waals surface area (Å²) in [5.74, 6) is 0.215. The van der Waals surface area contributed by atoms with Crippen molar-refractivity contribution in [3.63, 3.8) is 0 Å². The Balaban J connectivity index is 1.83. The molecule has 1 aromatic carbocycles. The summed E-state index contributed by atoms with van der Waals surface area (Å²) in [6.45, 7) is 4.62. The Bertz CT molecular complexity index is 520. The first-order valence-corrected chi connectivity index (χ1v) is 8.51. The highest BCUT2D eigenvalue weighted by Crippen LogP contribution is 2.19. The van der Waals surface area contributed by atoms with Crippen LogP contribution in [-0.2, 0) is 11.3 Å². The Kier molecular flexibility index (Phi) is 6.59. The molecule has 0 aliphatic carbocycles. The molecule has 5 nitrogen and oxygen atoms in total. The molecule has 5 heteroatoms. The van der Waals surface area contributed by atoms with Gasteiger partial charge in [-0.1, -0.05) is 25.5 Å². The molecule has 1 aliphatic heterocycles. The molecule has 126 valence electrons. The number of likely N-dealkylation sites (tertiary alicyclic amines) is 1. The van der Waals surface area contributed by atoms with Crippen LogP contribution >= 0.6 is 0 Å². The lowest BCUT2D eigenvalue weighted by Gasteiger charge is -2.31. The Morgan fingerprint density at radius 3 is 2.43 bits per heavy atom. The van der Waals surface area contributed by atoms with Gasteiger partial charge in [-0.15, -0.1) is 0 Å². The van der Waals surface area contributed by atoms with Gasteiger partial charge in [-0.05, 0) is 37.0 Å². The van der Waals surface area contributed by atoms with Crippen molar-refractivity contribution in [2.45, 2.75) is 39.2 Å². The lowest BCUT2D eigenvalue weighted by Crippen LogP contribution is -2.43. The minimum absolute atomic E-state index is 0.0375. The van der Waals surface area contributed by atoms with Gasteiger partial charge in [-0.3, -0.25) is 9.59 Å². The van der Waals surface area contributed by atoms with E-state index in [4.69, 9.17) is 5.73 Å². The number of unbranched alkanes of at least 4 members (excludes halogenated alkanes) is 1. The van der Waals surface area contributed by atoms with Crippen molar-refractivity contribution in [1.82, 2.24) is 10.2 Å². The molecule has 0 atom stereocenters. The van der Waals surface area contributed by atoms with Crippen molar-refractivity contribution in [3.8, 4) is 0 Å². The van der Waals surface area contributed by atoms with Crippen LogP contribution in [0.4, 0.5) is 0 Å². The number of nitrogens with two attached hydrogens (primary N) is 1. The average molecular weight is 317 g/mol. The quantitative estimate of drug-likeness (QED) is 0.787. The second-order valence-electron chi connectivity index (χ2n) is 6.11. The molecule has 1 fully saturated rings. The van der Waals surface area contributed by atoms with Crippen LogP contribution in [0, 0.1) is 5.92 Å². The molecule has 0 radical (unpaired) electrons. The summed E-state index contributed by atoms with van der Waals surface area (Å²) in [5, 5.41) is 2.99. The molecule has 0 unspecified atom stereocenters. The van der Waals surface area contributed by atoms with Crippen LogP contribution in [0.25, 0.3) is 0 Å². The van der Waals surface area contributed by atoms with Gasteiger partial charge in [0.25, 0.3) is 5.91 Å². The molecule has 0 bridgehead atoms. The zero-order valence-electron chi connectivity index (χ0n) is 13.9. The van der Waals surface area contributed by atoms with Crippen LogP contribution in [-0.4, -0.2) is 36.3 Å². The summed E-state index contributed by atoms with van der Waals surface area (Å²) in [7, 11) is 0. The van der Waals surface area contributed by atoms with Crippen molar-refractivity contribution < 1.29 is 9.59 Å². The van der Waals surface area contributed by atoms with E-state index in [1.807, 2.05) is 29.2 Å². The van der Waals surface area contributed by atoms with Crippen molar-refractivity contribution in [3.05, 3.63) is 35.4 Å². The minimum atomic E-state index is 0.0375. The molecule has 0 aromatic heterocycles. The zero-order chi connectivity index (χ0) is 16.7. The predicted molar refractivity (Wildman–Crippen MR) is 90.9 cm³/mol. The number of rotatable bonds is 6. The fourth-order valence-corrected chi connectivity index (χ4v) is 2.84. The molecular formula is C18H27N3O2. The van der Waals surface area contributed by atoms with E-state index in [-0.39, 0.29) is 17.7 Å². The van der Waals surface area contributed by atoms with E-state index in [1.54, 1.807) is 0 Å². The summed E-state index contributed by atoms with van der Waals surface area (Å²) >= 11 is 0. The molecule has 1 saturated heterocycles. The first-order valence-electron chi connectivity index (χ1n) is 8.51. The van der Waals surface area contributed by atoms with Crippen molar-refractivity contribution in [2.24, 2.45) is 11.7 Å². The number of hydrogen-bond acceptors (Lipinski definition) is 3. The van der Waals surface area contributed by atoms with E-state index in [1.165, 1.54) is 0 Å². The minimum Gasteiger partial charge on any atom is -0.356 e. The van der Waals surface area contributed by atoms with Crippen LogP contribution in [0.2, 0.25) is 0 Å². The molecule has 3 N–H and O–H groups in total. The molecule has 1 aromatic rings. The van der Waals surface area contributed by atoms with Crippen molar-refractivity contribution in [2.75, 3.05) is 19.6 Å². The van der Waals surface area contributed by atoms with Gasteiger partial charge in [0.1, 0.15) is 0 Å². The van der Waals surface area contributed by atoms with Gasteiger partial charge < -0.3 is 16.0 Å². The fraction of sp³-hybridized carbons (Fsp3) is 0.556. The van der Waals surface area contributed by atoms with E-state index < -0.39 is 0 Å². The Morgan fingerprint density at radius 1 is 1.22 bits per heavy atom. The van der Waals surface area contributed by atoms with E-state index >= 15 is 0 Å². The molecule has 2 rings (SSSR count). The number of nitrogens with one attached hydrogen (secondary N) is 1. The summed E-state index contributed by atoms with van der Waals surface area (Å²) in [5.41, 5.74) is 7.28. The van der Waals surface area contributed by atoms with Crippen LogP contribution in [0.15, 0.2) is 24.3 Å². The maximum atomic E-state index is 12.5. The molecule has 0 saturated carbocycles. The lowest BCUT2D eigenvalue weighted by atomic mass is 9.95. The highest BCUT2D eigenvalue weighted by atomic mass is 16.2. The summed E-state index contributed by atoms with van der Waals surface area (Å²) in [6.07, 6.45) is 3.58. The topological polar surface area (TPSA) is 75.4 Å². The molecular weight excluding hydrogens is 290 g/mol. The van der Waals surface area contributed by atoms with Crippen molar-refractivity contribution >= 4 is 11.8 Å². The number of carbonyl (C=O) groups is 2. The largest absolute Gasteiger partial charge is 0.356 e. The maximum absolute atomic E-state index is 12.5. The third-order valence-electron chi connectivity index (χ3n) is 4.42. The smallest absolute Gasteiger partial charge is 0.253 e. The second kappa shape index (κ2) is 8.67. The van der Waals surface area contributed by atoms with Crippen LogP contribution in [0.1, 0.15) is 48.5 Å². The number of nitrogens with zero attached hydrogens (tertiary/aromatic N) is 1. The normalized spacial score (nSPS) is 15.5. The highest BCUT2D eigenvalue weighted by molar-refractivity contribution is 5.94. The number of piperidine rings is 1. The lowest BCUT2D eigenvalue weighted by molar-refractivity contribution is -0.126. The van der Waals surface area contributed by atoms with Gasteiger partial charge in [0.15, 0.2) is 0 Å². The van der Waals surface area contributed by atoms with Gasteiger partial charge in [0.05, 0.1) is 0 Å². The average Bonchev–Trinajstić information content (AvgIpc) is 2.61. The molecule has 2 amide bonds. The van der Waals surface area contributed by atoms with Gasteiger partial charge >= 0.3 is 0 Å². The van der Waals surface area contributed by atoms with E-state index in [9.17, 15) is 9.59 Å². The van der Waals surface area contributed by atoms with Crippen LogP contribution in [0.5, 0.6) is 0 Å². The first-order chi connectivity index (χ1) is 11.2. The van der Waals surface area contributed by atoms with Gasteiger partial charge in [0.2, 0.25) is 5.91 Å². The second-order valence-corrected chi connectivity index (χ2v) is 6.11. The number of amides is 2. The van der Waals surface area contributed by atoms with E-state index in [2.05, 4.69) is 12.2 Å². The molecule has 0 spiro atoms. The standard InChI is InChI=1S/C18H27N3O2/c1-2-3-10-20-17(22)15-8-11-21(12-9-15)18(23)16-6-4-14(13-19)5-7-16/h4-7,15H,2-3,8-13,19H2,1H3,(H,20,22). The maximum Gasteiger partial charge on any atom is 0.253 e. The van der Waals surface area contributed by atoms with E-state index in [0.29, 0.717) is 25.2 Å². The molecule has 23 heavy (non-hydrogen) atoms. The van der Waals surface area contributed by atoms with Gasteiger partial charge in [-0.25, -0.2) is 0 Å². The zero-order valence-corrected chi connectivity index (χ0v) is 13.9. The number of benzene rings is 1. The first kappa shape index (κ1) is 17.5. The molecule has 1 heterocycles. The monoisotopic (exact) mass is 317 g/mol. The summed E-state index contributed by atoms with van der Waals surface area (Å²) in [6, 6.07) is 7.43. The van der Waals surface area contributed by atoms with Crippen LogP contribution < -0.4 is 11.1 Å². The Labute approximate surface area is 138 Å². The Morgan fingerprint density at radius 2 is 1.87 bits per heavy atom. The predicted octanol–water partition coefficient (Wildman–Crippen LogP) is 1.91. The summed E-state index contributed by atoms with van der Waals surface area (Å²) in [4.78, 5) is 26.4. The fourth-order valence-electron chi connectivity index (χ4n) is 2.84. The third-order valence-corrected chi connectivity index (χ3v) is 4.42. The van der Waals surface area contributed by atoms with Crippen molar-refractivity contribution in [1.29, 1.82) is 0 Å². The van der Waals surface area contributed by atoms with Gasteiger partial charge in [0, 0.05) is 37.7 Å². The summed E-state index contributed by atoms with van der Waals surface area (Å²) < 4.78 is 0. The van der Waals surface area contributed by atoms with E-state index in [0.717, 1.165) is 37.8 Å².